The zero-order chi connectivity index (χ0) is 21.8. The molecular formula is C28H24N2O. The van der Waals surface area contributed by atoms with E-state index in [0.717, 1.165) is 39.6 Å². The summed E-state index contributed by atoms with van der Waals surface area (Å²) in [7, 11) is 0. The van der Waals surface area contributed by atoms with Gasteiger partial charge in [0.2, 0.25) is 0 Å². The largest absolute Gasteiger partial charge is 0.304 e. The molecule has 0 aliphatic carbocycles. The molecule has 0 unspecified atom stereocenters. The third kappa shape index (κ3) is 4.34. The maximum absolute atomic E-state index is 12.8. The van der Waals surface area contributed by atoms with Crippen LogP contribution in [0.3, 0.4) is 0 Å². The molecule has 1 aromatic heterocycles. The van der Waals surface area contributed by atoms with Gasteiger partial charge in [-0.1, -0.05) is 73.7 Å². The maximum atomic E-state index is 12.8. The lowest BCUT2D eigenvalue weighted by Gasteiger charge is -2.13. The van der Waals surface area contributed by atoms with Gasteiger partial charge in [-0.2, -0.15) is 5.26 Å². The van der Waals surface area contributed by atoms with E-state index in [1.54, 1.807) is 6.07 Å². The summed E-state index contributed by atoms with van der Waals surface area (Å²) in [4.78, 5) is 12.8. The average molecular weight is 405 g/mol. The summed E-state index contributed by atoms with van der Waals surface area (Å²) in [5.74, 6) is 0. The van der Waals surface area contributed by atoms with Crippen molar-refractivity contribution in [2.24, 2.45) is 0 Å². The van der Waals surface area contributed by atoms with Crippen molar-refractivity contribution >= 4 is 22.6 Å². The third-order valence-electron chi connectivity index (χ3n) is 5.63. The first-order valence-corrected chi connectivity index (χ1v) is 10.5. The number of pyridine rings is 1. The Balaban J connectivity index is 1.67. The van der Waals surface area contributed by atoms with Crippen molar-refractivity contribution in [2.45, 2.75) is 26.8 Å². The normalized spacial score (nSPS) is 11.5. The number of hydrogen-bond donors (Lipinski definition) is 0. The highest BCUT2D eigenvalue weighted by atomic mass is 16.1. The molecule has 0 N–H and O–H groups in total. The molecule has 3 aromatic carbocycles. The van der Waals surface area contributed by atoms with Crippen LogP contribution in [-0.4, -0.2) is 4.57 Å². The summed E-state index contributed by atoms with van der Waals surface area (Å²) in [5.41, 5.74) is 6.74. The molecule has 4 aromatic rings. The van der Waals surface area contributed by atoms with Crippen LogP contribution < -0.4 is 5.56 Å². The van der Waals surface area contributed by atoms with Crippen LogP contribution in [0.1, 0.15) is 34.7 Å². The van der Waals surface area contributed by atoms with Gasteiger partial charge in [0.25, 0.3) is 5.56 Å². The molecule has 3 heteroatoms. The lowest BCUT2D eigenvalue weighted by molar-refractivity contribution is 0.792. The van der Waals surface area contributed by atoms with Crippen molar-refractivity contribution in [1.82, 2.24) is 4.57 Å². The molecule has 0 fully saturated rings. The first kappa shape index (κ1) is 20.4. The van der Waals surface area contributed by atoms with Gasteiger partial charge in [-0.25, -0.2) is 0 Å². The molecular weight excluding hydrogens is 380 g/mol. The monoisotopic (exact) mass is 404 g/mol. The lowest BCUT2D eigenvalue weighted by Crippen LogP contribution is -2.21. The number of rotatable bonds is 5. The molecule has 0 bridgehead atoms. The van der Waals surface area contributed by atoms with E-state index < -0.39 is 0 Å². The molecule has 0 saturated heterocycles. The maximum Gasteiger partial charge on any atom is 0.251 e. The van der Waals surface area contributed by atoms with Crippen molar-refractivity contribution in [1.29, 1.82) is 5.26 Å². The van der Waals surface area contributed by atoms with Crippen molar-refractivity contribution in [3.05, 3.63) is 117 Å². The van der Waals surface area contributed by atoms with Crippen LogP contribution in [0.25, 0.3) is 22.6 Å². The van der Waals surface area contributed by atoms with E-state index in [1.165, 1.54) is 5.56 Å². The average Bonchev–Trinajstić information content (AvgIpc) is 2.81. The Labute approximate surface area is 182 Å². The summed E-state index contributed by atoms with van der Waals surface area (Å²) in [6.45, 7) is 4.62. The van der Waals surface area contributed by atoms with Gasteiger partial charge < -0.3 is 4.57 Å². The molecule has 0 atom stereocenters. The molecule has 0 aliphatic rings. The molecule has 3 nitrogen and oxygen atoms in total. The Morgan fingerprint density at radius 2 is 1.68 bits per heavy atom. The SMILES string of the molecule is CCc1ccc2c(C)cc(=O)n(Cc3ccc(/C=C(\C#N)c4ccccc4)cc3)c2c1. The second kappa shape index (κ2) is 8.85. The second-order valence-electron chi connectivity index (χ2n) is 7.73. The van der Waals surface area contributed by atoms with E-state index in [-0.39, 0.29) is 5.56 Å². The fourth-order valence-electron chi connectivity index (χ4n) is 3.84. The number of hydrogen-bond acceptors (Lipinski definition) is 2. The second-order valence-corrected chi connectivity index (χ2v) is 7.73. The first-order chi connectivity index (χ1) is 15.1. The van der Waals surface area contributed by atoms with Gasteiger partial charge in [0.05, 0.1) is 23.7 Å². The quantitative estimate of drug-likeness (QED) is 0.303. The van der Waals surface area contributed by atoms with E-state index in [2.05, 4.69) is 31.2 Å². The number of allylic oxidation sites excluding steroid dienone is 1. The third-order valence-corrected chi connectivity index (χ3v) is 5.63. The highest BCUT2D eigenvalue weighted by molar-refractivity contribution is 5.89. The van der Waals surface area contributed by atoms with Crippen LogP contribution in [-0.2, 0) is 13.0 Å². The van der Waals surface area contributed by atoms with E-state index in [1.807, 2.05) is 72.2 Å². The van der Waals surface area contributed by atoms with E-state index in [0.29, 0.717) is 12.1 Å². The zero-order valence-corrected chi connectivity index (χ0v) is 17.8. The Bertz CT molecular complexity index is 1350. The van der Waals surface area contributed by atoms with Crippen LogP contribution in [0.5, 0.6) is 0 Å². The highest BCUT2D eigenvalue weighted by Gasteiger charge is 2.08. The minimum absolute atomic E-state index is 0.0121. The van der Waals surface area contributed by atoms with Gasteiger partial charge >= 0.3 is 0 Å². The molecule has 31 heavy (non-hydrogen) atoms. The predicted molar refractivity (Wildman–Crippen MR) is 128 cm³/mol. The first-order valence-electron chi connectivity index (χ1n) is 10.5. The number of benzene rings is 3. The predicted octanol–water partition coefficient (Wildman–Crippen LogP) is 5.98. The fraction of sp³-hybridized carbons (Fsp3) is 0.143. The molecule has 152 valence electrons. The van der Waals surface area contributed by atoms with Crippen molar-refractivity contribution < 1.29 is 0 Å². The van der Waals surface area contributed by atoms with Gasteiger partial charge in [0.15, 0.2) is 0 Å². The van der Waals surface area contributed by atoms with Crippen molar-refractivity contribution in [2.75, 3.05) is 0 Å². The van der Waals surface area contributed by atoms with E-state index in [4.69, 9.17) is 0 Å². The van der Waals surface area contributed by atoms with Gasteiger partial charge in [0, 0.05) is 11.5 Å². The Morgan fingerprint density at radius 1 is 0.968 bits per heavy atom. The topological polar surface area (TPSA) is 45.8 Å². The Kier molecular flexibility index (Phi) is 5.82. The number of nitriles is 1. The molecule has 1 heterocycles. The summed E-state index contributed by atoms with van der Waals surface area (Å²) < 4.78 is 1.84. The van der Waals surface area contributed by atoms with E-state index in [9.17, 15) is 10.1 Å². The molecule has 0 aliphatic heterocycles. The Hall–Kier alpha value is -3.90. The smallest absolute Gasteiger partial charge is 0.251 e. The van der Waals surface area contributed by atoms with Crippen LogP contribution in [0.15, 0.2) is 83.7 Å². The summed E-state index contributed by atoms with van der Waals surface area (Å²) >= 11 is 0. The summed E-state index contributed by atoms with van der Waals surface area (Å²) in [6, 6.07) is 28.1. The van der Waals surface area contributed by atoms with Crippen LogP contribution >= 0.6 is 0 Å². The molecule has 0 radical (unpaired) electrons. The van der Waals surface area contributed by atoms with Crippen LogP contribution in [0, 0.1) is 18.3 Å². The minimum atomic E-state index is 0.0121. The number of nitrogens with zero attached hydrogens (tertiary/aromatic N) is 2. The number of fused-ring (bicyclic) bond motifs is 1. The van der Waals surface area contributed by atoms with Gasteiger partial charge in [-0.05, 0) is 53.3 Å². The molecule has 0 saturated carbocycles. The standard InChI is InChI=1S/C28H24N2O/c1-3-21-13-14-26-20(2)15-28(31)30(27(26)17-21)19-23-11-9-22(10-12-23)16-25(18-29)24-7-5-4-6-8-24/h4-17H,3,19H2,1-2H3/b25-16+. The number of aryl methyl sites for hydroxylation is 2. The summed E-state index contributed by atoms with van der Waals surface area (Å²) in [6.07, 6.45) is 2.82. The highest BCUT2D eigenvalue weighted by Crippen LogP contribution is 2.21. The zero-order valence-electron chi connectivity index (χ0n) is 17.8. The van der Waals surface area contributed by atoms with Crippen molar-refractivity contribution in [3.8, 4) is 6.07 Å². The molecule has 0 spiro atoms. The summed E-state index contributed by atoms with van der Waals surface area (Å²) in [5, 5.41) is 10.6. The number of aromatic nitrogens is 1. The Morgan fingerprint density at radius 3 is 2.35 bits per heavy atom. The minimum Gasteiger partial charge on any atom is -0.304 e. The molecule has 4 rings (SSSR count). The van der Waals surface area contributed by atoms with Gasteiger partial charge in [-0.15, -0.1) is 0 Å². The van der Waals surface area contributed by atoms with Crippen LogP contribution in [0.2, 0.25) is 0 Å². The van der Waals surface area contributed by atoms with E-state index >= 15 is 0 Å². The lowest BCUT2D eigenvalue weighted by atomic mass is 10.0. The fourth-order valence-corrected chi connectivity index (χ4v) is 3.84. The molecule has 0 amide bonds. The van der Waals surface area contributed by atoms with Gasteiger partial charge in [0.1, 0.15) is 0 Å². The van der Waals surface area contributed by atoms with Gasteiger partial charge in [-0.3, -0.25) is 4.79 Å². The van der Waals surface area contributed by atoms with Crippen molar-refractivity contribution in [3.63, 3.8) is 0 Å². The van der Waals surface area contributed by atoms with Crippen LogP contribution in [0.4, 0.5) is 0 Å².